The van der Waals surface area contributed by atoms with Gasteiger partial charge in [-0.15, -0.1) is 0 Å². The van der Waals surface area contributed by atoms with Crippen molar-refractivity contribution in [1.82, 2.24) is 15.0 Å². The summed E-state index contributed by atoms with van der Waals surface area (Å²) in [5.41, 5.74) is 18.3. The number of fused-ring (bicyclic) bond motifs is 3. The van der Waals surface area contributed by atoms with Gasteiger partial charge < -0.3 is 9.32 Å². The Hall–Kier alpha value is -9.97. The molecule has 2 heterocycles. The summed E-state index contributed by atoms with van der Waals surface area (Å²) in [5, 5.41) is 2.15. The number of para-hydroxylation sites is 2. The van der Waals surface area contributed by atoms with Crippen LogP contribution in [0.3, 0.4) is 0 Å². The Bertz CT molecular complexity index is 4060. The summed E-state index contributed by atoms with van der Waals surface area (Å²) >= 11 is 0. The van der Waals surface area contributed by atoms with Crippen LogP contribution in [0.1, 0.15) is 0 Å². The molecule has 0 atom stereocenters. The second kappa shape index (κ2) is 19.3. The van der Waals surface area contributed by atoms with Gasteiger partial charge in [-0.25, -0.2) is 15.0 Å². The van der Waals surface area contributed by atoms with Gasteiger partial charge in [0.05, 0.1) is 5.69 Å². The monoisotopic (exact) mass is 946 g/mol. The van der Waals surface area contributed by atoms with Crippen LogP contribution in [0.5, 0.6) is 0 Å². The van der Waals surface area contributed by atoms with E-state index in [0.29, 0.717) is 17.5 Å². The van der Waals surface area contributed by atoms with Crippen molar-refractivity contribution in [2.24, 2.45) is 0 Å². The third kappa shape index (κ3) is 8.69. The molecule has 5 heteroatoms. The Kier molecular flexibility index (Phi) is 11.5. The van der Waals surface area contributed by atoms with Crippen LogP contribution in [0.4, 0.5) is 17.1 Å². The number of furan rings is 1. The van der Waals surface area contributed by atoms with Gasteiger partial charge >= 0.3 is 0 Å². The van der Waals surface area contributed by atoms with E-state index >= 15 is 0 Å². The molecular weight excluding hydrogens is 901 g/mol. The molecule has 74 heavy (non-hydrogen) atoms. The summed E-state index contributed by atoms with van der Waals surface area (Å²) in [7, 11) is 0. The van der Waals surface area contributed by atoms with Crippen LogP contribution < -0.4 is 4.90 Å². The van der Waals surface area contributed by atoms with E-state index in [4.69, 9.17) is 19.4 Å². The van der Waals surface area contributed by atoms with Crippen molar-refractivity contribution < 1.29 is 4.42 Å². The quantitative estimate of drug-likeness (QED) is 0.129. The first-order valence-electron chi connectivity index (χ1n) is 24.9. The summed E-state index contributed by atoms with van der Waals surface area (Å²) in [6.45, 7) is 0. The second-order valence-corrected chi connectivity index (χ2v) is 18.4. The van der Waals surface area contributed by atoms with Gasteiger partial charge in [0.2, 0.25) is 0 Å². The predicted molar refractivity (Wildman–Crippen MR) is 305 cm³/mol. The number of aromatic nitrogens is 3. The molecule has 13 rings (SSSR count). The van der Waals surface area contributed by atoms with E-state index in [2.05, 4.69) is 254 Å². The largest absolute Gasteiger partial charge is 0.454 e. The van der Waals surface area contributed by atoms with E-state index in [1.807, 2.05) is 30.3 Å². The van der Waals surface area contributed by atoms with E-state index in [0.717, 1.165) is 106 Å². The van der Waals surface area contributed by atoms with Crippen molar-refractivity contribution in [3.8, 4) is 89.8 Å². The minimum Gasteiger partial charge on any atom is -0.454 e. The molecule has 0 bridgehead atoms. The van der Waals surface area contributed by atoms with Gasteiger partial charge in [0.15, 0.2) is 23.1 Å². The van der Waals surface area contributed by atoms with Crippen LogP contribution in [0.25, 0.3) is 112 Å². The molecule has 13 aromatic rings. The molecule has 0 aliphatic carbocycles. The van der Waals surface area contributed by atoms with E-state index in [1.54, 1.807) is 0 Å². The van der Waals surface area contributed by atoms with Gasteiger partial charge in [-0.1, -0.05) is 212 Å². The molecule has 0 N–H and O–H groups in total. The standard InChI is InChI=1S/C69H46N4O/c1-5-19-47(20-6-1)51-37-39-60(40-38-51)73(64-35-18-34-63-62-33-13-14-36-65(62)74-66(63)64)61-32-17-29-54(46-61)53-28-16-31-56(42-53)68-70-67(55-30-15-27-52(41-55)48-21-7-2-8-22-48)71-69(72-68)59-44-57(49-23-9-3-10-24-49)43-58(45-59)50-25-11-4-12-26-50/h1-46H. The molecule has 348 valence electrons. The van der Waals surface area contributed by atoms with Gasteiger partial charge in [0.25, 0.3) is 0 Å². The van der Waals surface area contributed by atoms with Crippen molar-refractivity contribution in [3.63, 3.8) is 0 Å². The molecule has 0 aliphatic heterocycles. The summed E-state index contributed by atoms with van der Waals surface area (Å²) < 4.78 is 6.69. The molecule has 2 aromatic heterocycles. The first-order chi connectivity index (χ1) is 36.6. The topological polar surface area (TPSA) is 55.1 Å². The molecule has 0 fully saturated rings. The molecule has 0 saturated carbocycles. The van der Waals surface area contributed by atoms with E-state index in [9.17, 15) is 0 Å². The average Bonchev–Trinajstić information content (AvgIpc) is 3.88. The van der Waals surface area contributed by atoms with Crippen molar-refractivity contribution in [2.75, 3.05) is 4.90 Å². The van der Waals surface area contributed by atoms with Crippen molar-refractivity contribution >= 4 is 39.0 Å². The Labute approximate surface area is 430 Å². The van der Waals surface area contributed by atoms with Crippen LogP contribution >= 0.6 is 0 Å². The van der Waals surface area contributed by atoms with Crippen LogP contribution in [0.15, 0.2) is 283 Å². The lowest BCUT2D eigenvalue weighted by Crippen LogP contribution is -2.10. The number of benzene rings is 11. The van der Waals surface area contributed by atoms with Gasteiger partial charge in [-0.05, 0) is 122 Å². The zero-order valence-electron chi connectivity index (χ0n) is 40.3. The summed E-state index contributed by atoms with van der Waals surface area (Å²) in [5.74, 6) is 1.76. The highest BCUT2D eigenvalue weighted by atomic mass is 16.3. The summed E-state index contributed by atoms with van der Waals surface area (Å²) in [6, 6.07) is 97.7. The minimum atomic E-state index is 0.580. The normalized spacial score (nSPS) is 11.2. The van der Waals surface area contributed by atoms with E-state index in [1.165, 1.54) is 5.56 Å². The Morgan fingerprint density at radius 2 is 0.622 bits per heavy atom. The third-order valence-corrected chi connectivity index (χ3v) is 13.7. The number of hydrogen-bond donors (Lipinski definition) is 0. The molecular formula is C69H46N4O. The van der Waals surface area contributed by atoms with Crippen molar-refractivity contribution in [1.29, 1.82) is 0 Å². The maximum absolute atomic E-state index is 6.69. The Morgan fingerprint density at radius 1 is 0.243 bits per heavy atom. The Morgan fingerprint density at radius 3 is 1.20 bits per heavy atom. The highest BCUT2D eigenvalue weighted by molar-refractivity contribution is 6.10. The molecule has 11 aromatic carbocycles. The molecule has 0 spiro atoms. The van der Waals surface area contributed by atoms with E-state index < -0.39 is 0 Å². The highest BCUT2D eigenvalue weighted by Gasteiger charge is 2.21. The van der Waals surface area contributed by atoms with Crippen LogP contribution in [0.2, 0.25) is 0 Å². The average molecular weight is 947 g/mol. The predicted octanol–water partition coefficient (Wildman–Crippen LogP) is 18.6. The van der Waals surface area contributed by atoms with Crippen molar-refractivity contribution in [3.05, 3.63) is 279 Å². The molecule has 0 aliphatic rings. The SMILES string of the molecule is c1ccc(-c2ccc(N(c3cccc(-c4cccc(-c5nc(-c6cccc(-c7ccccc7)c6)nc(-c6cc(-c7ccccc7)cc(-c7ccccc7)c6)n5)c4)c3)c3cccc4c3oc3ccccc34)cc2)cc1. The fourth-order valence-electron chi connectivity index (χ4n) is 10.0. The number of hydrogen-bond acceptors (Lipinski definition) is 5. The number of anilines is 3. The lowest BCUT2D eigenvalue weighted by molar-refractivity contribution is 0.669. The first-order valence-corrected chi connectivity index (χ1v) is 24.9. The minimum absolute atomic E-state index is 0.580. The lowest BCUT2D eigenvalue weighted by Gasteiger charge is -2.26. The fraction of sp³-hybridized carbons (Fsp3) is 0. The van der Waals surface area contributed by atoms with Gasteiger partial charge in [-0.3, -0.25) is 0 Å². The summed E-state index contributed by atoms with van der Waals surface area (Å²) in [4.78, 5) is 18.2. The molecule has 0 saturated heterocycles. The molecule has 0 amide bonds. The summed E-state index contributed by atoms with van der Waals surface area (Å²) in [6.07, 6.45) is 0. The zero-order valence-corrected chi connectivity index (χ0v) is 40.3. The molecule has 5 nitrogen and oxygen atoms in total. The third-order valence-electron chi connectivity index (χ3n) is 13.7. The first kappa shape index (κ1) is 44.0. The Balaban J connectivity index is 0.946. The van der Waals surface area contributed by atoms with Crippen LogP contribution in [-0.4, -0.2) is 15.0 Å². The van der Waals surface area contributed by atoms with Gasteiger partial charge in [-0.2, -0.15) is 0 Å². The number of nitrogens with zero attached hydrogens (tertiary/aromatic N) is 4. The number of rotatable bonds is 11. The van der Waals surface area contributed by atoms with Gasteiger partial charge in [0.1, 0.15) is 5.58 Å². The smallest absolute Gasteiger partial charge is 0.164 e. The van der Waals surface area contributed by atoms with Gasteiger partial charge in [0, 0.05) is 38.8 Å². The molecule has 0 radical (unpaired) electrons. The second-order valence-electron chi connectivity index (χ2n) is 18.4. The van der Waals surface area contributed by atoms with Crippen LogP contribution in [0, 0.1) is 0 Å². The lowest BCUT2D eigenvalue weighted by atomic mass is 9.95. The molecule has 0 unspecified atom stereocenters. The fourth-order valence-corrected chi connectivity index (χ4v) is 10.0. The highest BCUT2D eigenvalue weighted by Crippen LogP contribution is 2.44. The van der Waals surface area contributed by atoms with Crippen LogP contribution in [-0.2, 0) is 0 Å². The van der Waals surface area contributed by atoms with Crippen molar-refractivity contribution in [2.45, 2.75) is 0 Å². The van der Waals surface area contributed by atoms with E-state index in [-0.39, 0.29) is 0 Å². The zero-order chi connectivity index (χ0) is 49.2. The maximum atomic E-state index is 6.69. The maximum Gasteiger partial charge on any atom is 0.164 e.